The minimum absolute atomic E-state index is 0.0472. The first-order valence-electron chi connectivity index (χ1n) is 10.2. The molecule has 3 aromatic carbocycles. The summed E-state index contributed by atoms with van der Waals surface area (Å²) in [5.74, 6) is -0.698. The van der Waals surface area contributed by atoms with Gasteiger partial charge in [0, 0.05) is 24.2 Å². The summed E-state index contributed by atoms with van der Waals surface area (Å²) in [5.41, 5.74) is 9.52. The fourth-order valence-corrected chi connectivity index (χ4v) is 3.91. The third kappa shape index (κ3) is 4.27. The van der Waals surface area contributed by atoms with Crippen LogP contribution in [0.15, 0.2) is 66.3 Å². The molecule has 0 aromatic heterocycles. The molecule has 0 aliphatic carbocycles. The van der Waals surface area contributed by atoms with Crippen molar-refractivity contribution in [3.05, 3.63) is 82.9 Å². The van der Waals surface area contributed by atoms with Gasteiger partial charge in [-0.05, 0) is 53.9 Å². The molecule has 3 aromatic rings. The number of carbonyl (C=O) groups is 2. The standard InChI is InChI=1S/C25H24ClN3O3/c1-4-29(5-2)25(32)15(3)17-11-12-20(19-9-7-6-8-18(17)19)23(28-27)24(31)16-10-13-22(30)21(26)14-16/h6-14,23,27,30H,3-5H2,1-2H3. The molecule has 3 rings (SSSR count). The Balaban J connectivity index is 2.10. The van der Waals surface area contributed by atoms with Crippen LogP contribution in [0.25, 0.3) is 16.3 Å². The molecule has 2 N–H and O–H groups in total. The highest BCUT2D eigenvalue weighted by Gasteiger charge is 2.26. The Kier molecular flexibility index (Phi) is 7.05. The van der Waals surface area contributed by atoms with Gasteiger partial charge in [0.15, 0.2) is 11.8 Å². The lowest BCUT2D eigenvalue weighted by molar-refractivity contribution is -0.124. The summed E-state index contributed by atoms with van der Waals surface area (Å²) in [6, 6.07) is 13.9. The van der Waals surface area contributed by atoms with Gasteiger partial charge in [-0.3, -0.25) is 9.59 Å². The summed E-state index contributed by atoms with van der Waals surface area (Å²) < 4.78 is 0. The van der Waals surface area contributed by atoms with E-state index in [1.165, 1.54) is 18.2 Å². The highest BCUT2D eigenvalue weighted by Crippen LogP contribution is 2.35. The fourth-order valence-electron chi connectivity index (χ4n) is 3.73. The molecular formula is C25H24ClN3O3. The number of nitrogens with one attached hydrogen (secondary N) is 1. The van der Waals surface area contributed by atoms with Gasteiger partial charge in [0.05, 0.1) is 5.02 Å². The molecule has 0 saturated heterocycles. The molecule has 1 amide bonds. The number of halogens is 1. The van der Waals surface area contributed by atoms with Crippen LogP contribution in [0.4, 0.5) is 0 Å². The normalized spacial score (nSPS) is 11.7. The molecule has 1 atom stereocenters. The molecule has 0 saturated carbocycles. The average Bonchev–Trinajstić information content (AvgIpc) is 2.81. The third-order valence-electron chi connectivity index (χ3n) is 5.50. The SMILES string of the molecule is C=C(C(=O)N(CC)CC)c1ccc(C(N=N)C(=O)c2ccc(O)c(Cl)c2)c2ccccc12. The lowest BCUT2D eigenvalue weighted by Gasteiger charge is -2.21. The zero-order chi connectivity index (χ0) is 23.4. The molecule has 164 valence electrons. The molecule has 1 unspecified atom stereocenters. The lowest BCUT2D eigenvalue weighted by atomic mass is 9.89. The molecule has 6 nitrogen and oxygen atoms in total. The van der Waals surface area contributed by atoms with Crippen LogP contribution in [0.1, 0.15) is 41.4 Å². The quantitative estimate of drug-likeness (QED) is 0.249. The Labute approximate surface area is 191 Å². The summed E-state index contributed by atoms with van der Waals surface area (Å²) in [5, 5.41) is 14.7. The van der Waals surface area contributed by atoms with Crippen LogP contribution in [0.5, 0.6) is 5.75 Å². The second-order valence-electron chi connectivity index (χ2n) is 7.27. The van der Waals surface area contributed by atoms with E-state index in [0.29, 0.717) is 35.2 Å². The van der Waals surface area contributed by atoms with Crippen LogP contribution < -0.4 is 0 Å². The topological polar surface area (TPSA) is 93.8 Å². The number of hydrogen-bond acceptors (Lipinski definition) is 5. The molecular weight excluding hydrogens is 426 g/mol. The van der Waals surface area contributed by atoms with Crippen molar-refractivity contribution in [2.45, 2.75) is 19.9 Å². The predicted octanol–water partition coefficient (Wildman–Crippen LogP) is 6.04. The predicted molar refractivity (Wildman–Crippen MR) is 126 cm³/mol. The first kappa shape index (κ1) is 23.2. The Bertz CT molecular complexity index is 1220. The van der Waals surface area contributed by atoms with Crippen molar-refractivity contribution in [3.63, 3.8) is 0 Å². The Morgan fingerprint density at radius 2 is 1.75 bits per heavy atom. The third-order valence-corrected chi connectivity index (χ3v) is 5.80. The van der Waals surface area contributed by atoms with Crippen molar-refractivity contribution >= 4 is 39.6 Å². The number of hydrogen-bond donors (Lipinski definition) is 2. The summed E-state index contributed by atoms with van der Waals surface area (Å²) in [6.45, 7) is 9.01. The number of amides is 1. The molecule has 0 radical (unpaired) electrons. The minimum Gasteiger partial charge on any atom is -0.506 e. The van der Waals surface area contributed by atoms with E-state index in [1.54, 1.807) is 17.0 Å². The van der Waals surface area contributed by atoms with E-state index in [1.807, 2.05) is 38.1 Å². The monoisotopic (exact) mass is 449 g/mol. The van der Waals surface area contributed by atoms with Crippen molar-refractivity contribution in [2.75, 3.05) is 13.1 Å². The molecule has 32 heavy (non-hydrogen) atoms. The van der Waals surface area contributed by atoms with E-state index in [0.717, 1.165) is 5.39 Å². The van der Waals surface area contributed by atoms with Gasteiger partial charge in [-0.15, -0.1) is 0 Å². The van der Waals surface area contributed by atoms with Gasteiger partial charge in [0.1, 0.15) is 5.75 Å². The maximum Gasteiger partial charge on any atom is 0.253 e. The number of benzene rings is 3. The second kappa shape index (κ2) is 9.75. The number of Topliss-reactive ketones (excluding diaryl/α,β-unsaturated/α-hetero) is 1. The Hall–Kier alpha value is -3.51. The first-order valence-corrected chi connectivity index (χ1v) is 10.6. The average molecular weight is 450 g/mol. The van der Waals surface area contributed by atoms with Crippen LogP contribution in [0.2, 0.25) is 5.02 Å². The number of ketones is 1. The Morgan fingerprint density at radius 3 is 2.34 bits per heavy atom. The number of phenolic OH excluding ortho intramolecular Hbond substituents is 1. The van der Waals surface area contributed by atoms with Crippen molar-refractivity contribution in [3.8, 4) is 5.75 Å². The number of phenols is 1. The van der Waals surface area contributed by atoms with Crippen molar-refractivity contribution in [1.82, 2.24) is 4.90 Å². The second-order valence-corrected chi connectivity index (χ2v) is 7.67. The van der Waals surface area contributed by atoms with Crippen molar-refractivity contribution < 1.29 is 14.7 Å². The molecule has 0 fully saturated rings. The number of carbonyl (C=O) groups excluding carboxylic acids is 2. The summed E-state index contributed by atoms with van der Waals surface area (Å²) in [4.78, 5) is 27.7. The van der Waals surface area contributed by atoms with Crippen LogP contribution in [-0.2, 0) is 4.79 Å². The van der Waals surface area contributed by atoms with E-state index in [-0.39, 0.29) is 22.2 Å². The van der Waals surface area contributed by atoms with E-state index in [2.05, 4.69) is 11.7 Å². The van der Waals surface area contributed by atoms with E-state index < -0.39 is 11.8 Å². The molecule has 7 heteroatoms. The van der Waals surface area contributed by atoms with Gasteiger partial charge < -0.3 is 10.0 Å². The maximum atomic E-state index is 13.1. The maximum absolute atomic E-state index is 13.1. The fraction of sp³-hybridized carbons (Fsp3) is 0.200. The van der Waals surface area contributed by atoms with Crippen LogP contribution >= 0.6 is 11.6 Å². The van der Waals surface area contributed by atoms with Gasteiger partial charge in [-0.1, -0.05) is 54.6 Å². The van der Waals surface area contributed by atoms with E-state index in [4.69, 9.17) is 17.1 Å². The summed E-state index contributed by atoms with van der Waals surface area (Å²) in [7, 11) is 0. The molecule has 0 aliphatic heterocycles. The lowest BCUT2D eigenvalue weighted by Crippen LogP contribution is -2.30. The highest BCUT2D eigenvalue weighted by molar-refractivity contribution is 6.32. The Morgan fingerprint density at radius 1 is 1.09 bits per heavy atom. The van der Waals surface area contributed by atoms with Crippen molar-refractivity contribution in [1.29, 1.82) is 5.53 Å². The first-order chi connectivity index (χ1) is 15.3. The van der Waals surface area contributed by atoms with Gasteiger partial charge in [-0.25, -0.2) is 5.53 Å². The van der Waals surface area contributed by atoms with Gasteiger partial charge in [0.25, 0.3) is 5.91 Å². The number of aromatic hydroxyl groups is 1. The van der Waals surface area contributed by atoms with Crippen LogP contribution in [-0.4, -0.2) is 34.8 Å². The van der Waals surface area contributed by atoms with E-state index >= 15 is 0 Å². The van der Waals surface area contributed by atoms with Crippen LogP contribution in [0, 0.1) is 5.53 Å². The summed E-state index contributed by atoms with van der Waals surface area (Å²) in [6.07, 6.45) is 0. The van der Waals surface area contributed by atoms with E-state index in [9.17, 15) is 14.7 Å². The number of likely N-dealkylation sites (N-methyl/N-ethyl adjacent to an activating group) is 1. The van der Waals surface area contributed by atoms with Gasteiger partial charge in [-0.2, -0.15) is 5.11 Å². The smallest absolute Gasteiger partial charge is 0.253 e. The molecule has 0 bridgehead atoms. The van der Waals surface area contributed by atoms with Gasteiger partial charge in [0.2, 0.25) is 0 Å². The van der Waals surface area contributed by atoms with Crippen LogP contribution in [0.3, 0.4) is 0 Å². The number of fused-ring (bicyclic) bond motifs is 1. The summed E-state index contributed by atoms with van der Waals surface area (Å²) >= 11 is 5.96. The number of rotatable bonds is 8. The number of nitrogens with zero attached hydrogens (tertiary/aromatic N) is 2. The minimum atomic E-state index is -1.10. The zero-order valence-corrected chi connectivity index (χ0v) is 18.7. The molecule has 0 spiro atoms. The van der Waals surface area contributed by atoms with Gasteiger partial charge >= 0.3 is 0 Å². The molecule has 0 heterocycles. The zero-order valence-electron chi connectivity index (χ0n) is 17.9. The van der Waals surface area contributed by atoms with Crippen molar-refractivity contribution in [2.24, 2.45) is 5.11 Å². The largest absolute Gasteiger partial charge is 0.506 e. The highest BCUT2D eigenvalue weighted by atomic mass is 35.5. The molecule has 0 aliphatic rings.